The van der Waals surface area contributed by atoms with Crippen molar-refractivity contribution >= 4 is 0 Å². The number of hydrogen-bond acceptors (Lipinski definition) is 2. The molecular weight excluding hydrogens is 236 g/mol. The Morgan fingerprint density at radius 3 is 2.32 bits per heavy atom. The summed E-state index contributed by atoms with van der Waals surface area (Å²) < 4.78 is 7.03. The standard InChI is InChI=1S/C16H14N2O/c1-19-16-9-7-13(8-10-16)14-11-17-18(12-14)15-5-3-2-4-6-15/h2-12H,1H3. The maximum absolute atomic E-state index is 5.16. The van der Waals surface area contributed by atoms with Crippen LogP contribution in [0, 0.1) is 0 Å². The molecule has 94 valence electrons. The van der Waals surface area contributed by atoms with Crippen LogP contribution in [0.4, 0.5) is 0 Å². The summed E-state index contributed by atoms with van der Waals surface area (Å²) >= 11 is 0. The second-order valence-corrected chi connectivity index (χ2v) is 4.24. The van der Waals surface area contributed by atoms with E-state index in [-0.39, 0.29) is 0 Å². The first-order valence-corrected chi connectivity index (χ1v) is 6.11. The van der Waals surface area contributed by atoms with E-state index >= 15 is 0 Å². The Labute approximate surface area is 112 Å². The topological polar surface area (TPSA) is 27.1 Å². The fourth-order valence-corrected chi connectivity index (χ4v) is 1.98. The van der Waals surface area contributed by atoms with Gasteiger partial charge in [0.15, 0.2) is 0 Å². The average molecular weight is 250 g/mol. The van der Waals surface area contributed by atoms with E-state index in [1.165, 1.54) is 0 Å². The van der Waals surface area contributed by atoms with E-state index in [0.717, 1.165) is 22.6 Å². The second-order valence-electron chi connectivity index (χ2n) is 4.24. The number of benzene rings is 2. The van der Waals surface area contributed by atoms with Crippen molar-refractivity contribution in [3.63, 3.8) is 0 Å². The van der Waals surface area contributed by atoms with Crippen LogP contribution in [0.5, 0.6) is 5.75 Å². The molecule has 0 aliphatic heterocycles. The predicted octanol–water partition coefficient (Wildman–Crippen LogP) is 3.55. The van der Waals surface area contributed by atoms with Crippen LogP contribution >= 0.6 is 0 Å². The molecule has 1 heterocycles. The highest BCUT2D eigenvalue weighted by Crippen LogP contribution is 2.22. The lowest BCUT2D eigenvalue weighted by Crippen LogP contribution is -1.92. The maximum atomic E-state index is 5.16. The molecule has 3 rings (SSSR count). The monoisotopic (exact) mass is 250 g/mol. The molecule has 3 aromatic rings. The molecule has 3 nitrogen and oxygen atoms in total. The van der Waals surface area contributed by atoms with Crippen molar-refractivity contribution in [2.24, 2.45) is 0 Å². The Hall–Kier alpha value is -2.55. The lowest BCUT2D eigenvalue weighted by Gasteiger charge is -2.01. The highest BCUT2D eigenvalue weighted by Gasteiger charge is 2.03. The summed E-state index contributed by atoms with van der Waals surface area (Å²) in [5.74, 6) is 0.860. The Bertz CT molecular complexity index is 657. The van der Waals surface area contributed by atoms with Gasteiger partial charge in [0.1, 0.15) is 5.75 Å². The zero-order chi connectivity index (χ0) is 13.1. The number of ether oxygens (including phenoxy) is 1. The fourth-order valence-electron chi connectivity index (χ4n) is 1.98. The van der Waals surface area contributed by atoms with Gasteiger partial charge >= 0.3 is 0 Å². The van der Waals surface area contributed by atoms with Gasteiger partial charge in [-0.15, -0.1) is 0 Å². The molecule has 0 saturated carbocycles. The van der Waals surface area contributed by atoms with Gasteiger partial charge in [0.05, 0.1) is 19.0 Å². The Balaban J connectivity index is 1.92. The summed E-state index contributed by atoms with van der Waals surface area (Å²) in [7, 11) is 1.67. The minimum Gasteiger partial charge on any atom is -0.497 e. The van der Waals surface area contributed by atoms with Crippen LogP contribution in [-0.4, -0.2) is 16.9 Å². The summed E-state index contributed by atoms with van der Waals surface area (Å²) in [6.45, 7) is 0. The second kappa shape index (κ2) is 4.98. The molecule has 3 heteroatoms. The molecule has 1 aromatic heterocycles. The van der Waals surface area contributed by atoms with Crippen molar-refractivity contribution in [2.75, 3.05) is 7.11 Å². The Kier molecular flexibility index (Phi) is 3.02. The van der Waals surface area contributed by atoms with E-state index in [2.05, 4.69) is 5.10 Å². The molecule has 2 aromatic carbocycles. The van der Waals surface area contributed by atoms with E-state index < -0.39 is 0 Å². The molecule has 0 saturated heterocycles. The van der Waals surface area contributed by atoms with Crippen LogP contribution < -0.4 is 4.74 Å². The number of aromatic nitrogens is 2. The van der Waals surface area contributed by atoms with Gasteiger partial charge in [-0.1, -0.05) is 30.3 Å². The first kappa shape index (κ1) is 11.5. The van der Waals surface area contributed by atoms with Gasteiger partial charge < -0.3 is 4.74 Å². The summed E-state index contributed by atoms with van der Waals surface area (Å²) in [4.78, 5) is 0. The lowest BCUT2D eigenvalue weighted by molar-refractivity contribution is 0.415. The quantitative estimate of drug-likeness (QED) is 0.710. The molecule has 0 atom stereocenters. The van der Waals surface area contributed by atoms with Crippen LogP contribution in [0.25, 0.3) is 16.8 Å². The van der Waals surface area contributed by atoms with Gasteiger partial charge in [-0.25, -0.2) is 4.68 Å². The first-order valence-electron chi connectivity index (χ1n) is 6.11. The highest BCUT2D eigenvalue weighted by molar-refractivity contribution is 5.63. The number of nitrogens with zero attached hydrogens (tertiary/aromatic N) is 2. The van der Waals surface area contributed by atoms with Gasteiger partial charge in [-0.3, -0.25) is 0 Å². The molecule has 0 spiro atoms. The lowest BCUT2D eigenvalue weighted by atomic mass is 10.1. The van der Waals surface area contributed by atoms with Crippen molar-refractivity contribution in [3.8, 4) is 22.6 Å². The molecule has 0 bridgehead atoms. The van der Waals surface area contributed by atoms with E-state index in [1.54, 1.807) is 7.11 Å². The maximum Gasteiger partial charge on any atom is 0.118 e. The minimum absolute atomic E-state index is 0.860. The zero-order valence-electron chi connectivity index (χ0n) is 10.7. The average Bonchev–Trinajstić information content (AvgIpc) is 2.98. The summed E-state index contributed by atoms with van der Waals surface area (Å²) in [6, 6.07) is 18.0. The van der Waals surface area contributed by atoms with E-state index in [4.69, 9.17) is 4.74 Å². The first-order chi connectivity index (χ1) is 9.36. The smallest absolute Gasteiger partial charge is 0.118 e. The van der Waals surface area contributed by atoms with Gasteiger partial charge in [-0.05, 0) is 29.8 Å². The van der Waals surface area contributed by atoms with E-state index in [1.807, 2.05) is 71.7 Å². The molecule has 0 N–H and O–H groups in total. The minimum atomic E-state index is 0.860. The van der Waals surface area contributed by atoms with Crippen LogP contribution in [0.1, 0.15) is 0 Å². The third-order valence-electron chi connectivity index (χ3n) is 3.03. The Morgan fingerprint density at radius 1 is 0.895 bits per heavy atom. The SMILES string of the molecule is COc1ccc(-c2cnn(-c3ccccc3)c2)cc1. The van der Waals surface area contributed by atoms with Crippen LogP contribution in [-0.2, 0) is 0 Å². The molecule has 0 amide bonds. The van der Waals surface area contributed by atoms with Crippen LogP contribution in [0.15, 0.2) is 67.0 Å². The number of para-hydroxylation sites is 1. The van der Waals surface area contributed by atoms with E-state index in [0.29, 0.717) is 0 Å². The summed E-state index contributed by atoms with van der Waals surface area (Å²) in [5.41, 5.74) is 3.27. The van der Waals surface area contributed by atoms with E-state index in [9.17, 15) is 0 Å². The molecule has 0 aliphatic carbocycles. The molecule has 0 fully saturated rings. The van der Waals surface area contributed by atoms with Crippen LogP contribution in [0.3, 0.4) is 0 Å². The molecular formula is C16H14N2O. The molecule has 0 aliphatic rings. The van der Waals surface area contributed by atoms with Gasteiger partial charge in [0.25, 0.3) is 0 Å². The summed E-state index contributed by atoms with van der Waals surface area (Å²) in [6.07, 6.45) is 3.89. The van der Waals surface area contributed by atoms with Crippen LogP contribution in [0.2, 0.25) is 0 Å². The van der Waals surface area contributed by atoms with Crippen molar-refractivity contribution in [2.45, 2.75) is 0 Å². The number of hydrogen-bond donors (Lipinski definition) is 0. The normalized spacial score (nSPS) is 10.4. The third-order valence-corrected chi connectivity index (χ3v) is 3.03. The van der Waals surface area contributed by atoms with Crippen molar-refractivity contribution in [1.82, 2.24) is 9.78 Å². The van der Waals surface area contributed by atoms with Gasteiger partial charge in [0.2, 0.25) is 0 Å². The molecule has 0 radical (unpaired) electrons. The van der Waals surface area contributed by atoms with Gasteiger partial charge in [0, 0.05) is 11.8 Å². The number of methoxy groups -OCH3 is 1. The van der Waals surface area contributed by atoms with Crippen molar-refractivity contribution < 1.29 is 4.74 Å². The number of rotatable bonds is 3. The summed E-state index contributed by atoms with van der Waals surface area (Å²) in [5, 5.41) is 4.39. The highest BCUT2D eigenvalue weighted by atomic mass is 16.5. The zero-order valence-corrected chi connectivity index (χ0v) is 10.7. The fraction of sp³-hybridized carbons (Fsp3) is 0.0625. The predicted molar refractivity (Wildman–Crippen MR) is 75.6 cm³/mol. The third kappa shape index (κ3) is 2.36. The molecule has 0 unspecified atom stereocenters. The molecule has 19 heavy (non-hydrogen) atoms. The largest absolute Gasteiger partial charge is 0.497 e. The van der Waals surface area contributed by atoms with Gasteiger partial charge in [-0.2, -0.15) is 5.10 Å². The Morgan fingerprint density at radius 2 is 1.63 bits per heavy atom. The van der Waals surface area contributed by atoms with Crippen molar-refractivity contribution in [3.05, 3.63) is 67.0 Å². The van der Waals surface area contributed by atoms with Crippen molar-refractivity contribution in [1.29, 1.82) is 0 Å².